The number of nitrogens with zero attached hydrogens (tertiary/aromatic N) is 1. The fraction of sp³-hybridized carbons (Fsp3) is 0.571. The zero-order valence-corrected chi connectivity index (χ0v) is 6.93. The molecule has 0 atom stereocenters. The standard InChI is InChI=1S/C7H11F2N3O/c8-7(9,5-13)4-10-3-6-11-1-2-12-6/h1-2,10,13H,3-5H2,(H,11,12). The van der Waals surface area contributed by atoms with Crippen molar-refractivity contribution in [2.24, 2.45) is 0 Å². The van der Waals surface area contributed by atoms with Crippen molar-refractivity contribution in [1.82, 2.24) is 15.3 Å². The Labute approximate surface area is 74.0 Å². The maximum Gasteiger partial charge on any atom is 0.282 e. The number of imidazole rings is 1. The number of rotatable bonds is 5. The summed E-state index contributed by atoms with van der Waals surface area (Å²) >= 11 is 0. The van der Waals surface area contributed by atoms with Gasteiger partial charge in [0.15, 0.2) is 0 Å². The summed E-state index contributed by atoms with van der Waals surface area (Å²) in [7, 11) is 0. The number of aliphatic hydroxyl groups is 1. The number of aliphatic hydroxyl groups excluding tert-OH is 1. The SMILES string of the molecule is OCC(F)(F)CNCc1ncc[nH]1. The fourth-order valence-corrected chi connectivity index (χ4v) is 0.814. The van der Waals surface area contributed by atoms with Crippen LogP contribution in [0.2, 0.25) is 0 Å². The van der Waals surface area contributed by atoms with Gasteiger partial charge in [-0.3, -0.25) is 0 Å². The summed E-state index contributed by atoms with van der Waals surface area (Å²) in [6.45, 7) is -1.45. The molecule has 0 aromatic carbocycles. The van der Waals surface area contributed by atoms with Crippen LogP contribution in [0.5, 0.6) is 0 Å². The van der Waals surface area contributed by atoms with E-state index < -0.39 is 19.1 Å². The highest BCUT2D eigenvalue weighted by Crippen LogP contribution is 2.09. The monoisotopic (exact) mass is 191 g/mol. The first-order valence-electron chi connectivity index (χ1n) is 3.82. The molecule has 1 aromatic rings. The van der Waals surface area contributed by atoms with Crippen molar-refractivity contribution in [3.8, 4) is 0 Å². The first-order valence-corrected chi connectivity index (χ1v) is 3.82. The minimum absolute atomic E-state index is 0.239. The third-order valence-electron chi connectivity index (χ3n) is 1.46. The summed E-state index contributed by atoms with van der Waals surface area (Å²) in [6, 6.07) is 0. The molecular weight excluding hydrogens is 180 g/mol. The third-order valence-corrected chi connectivity index (χ3v) is 1.46. The van der Waals surface area contributed by atoms with Gasteiger partial charge >= 0.3 is 0 Å². The van der Waals surface area contributed by atoms with Gasteiger partial charge in [0.05, 0.1) is 13.1 Å². The molecule has 74 valence electrons. The van der Waals surface area contributed by atoms with E-state index in [1.807, 2.05) is 0 Å². The first-order chi connectivity index (χ1) is 6.14. The average molecular weight is 191 g/mol. The summed E-state index contributed by atoms with van der Waals surface area (Å²) in [5, 5.41) is 10.7. The molecule has 0 bridgehead atoms. The first kappa shape index (κ1) is 10.1. The number of hydrogen-bond donors (Lipinski definition) is 3. The van der Waals surface area contributed by atoms with E-state index in [1.54, 1.807) is 12.4 Å². The van der Waals surface area contributed by atoms with Crippen LogP contribution >= 0.6 is 0 Å². The van der Waals surface area contributed by atoms with Gasteiger partial charge in [-0.2, -0.15) is 0 Å². The normalized spacial score (nSPS) is 11.9. The maximum atomic E-state index is 12.4. The van der Waals surface area contributed by atoms with Gasteiger partial charge in [0, 0.05) is 12.4 Å². The van der Waals surface area contributed by atoms with E-state index in [-0.39, 0.29) is 6.54 Å². The van der Waals surface area contributed by atoms with Crippen LogP contribution in [0.4, 0.5) is 8.78 Å². The Morgan fingerprint density at radius 2 is 2.38 bits per heavy atom. The molecule has 1 aromatic heterocycles. The lowest BCUT2D eigenvalue weighted by Gasteiger charge is -2.12. The number of aromatic nitrogens is 2. The van der Waals surface area contributed by atoms with E-state index in [4.69, 9.17) is 5.11 Å². The van der Waals surface area contributed by atoms with Crippen LogP contribution in [0, 0.1) is 0 Å². The maximum absolute atomic E-state index is 12.4. The molecule has 0 aliphatic rings. The summed E-state index contributed by atoms with van der Waals surface area (Å²) < 4.78 is 24.9. The molecule has 0 saturated heterocycles. The second kappa shape index (κ2) is 4.29. The summed E-state index contributed by atoms with van der Waals surface area (Å²) in [4.78, 5) is 6.60. The van der Waals surface area contributed by atoms with Gasteiger partial charge < -0.3 is 15.4 Å². The molecule has 0 fully saturated rings. The molecule has 3 N–H and O–H groups in total. The molecule has 0 aliphatic heterocycles. The van der Waals surface area contributed by atoms with E-state index in [0.29, 0.717) is 5.82 Å². The van der Waals surface area contributed by atoms with Crippen molar-refractivity contribution in [2.45, 2.75) is 12.5 Å². The minimum Gasteiger partial charge on any atom is -0.390 e. The number of hydrogen-bond acceptors (Lipinski definition) is 3. The van der Waals surface area contributed by atoms with Crippen LogP contribution < -0.4 is 5.32 Å². The van der Waals surface area contributed by atoms with Gasteiger partial charge in [-0.15, -0.1) is 0 Å². The number of nitrogens with one attached hydrogen (secondary N) is 2. The highest BCUT2D eigenvalue weighted by Gasteiger charge is 2.26. The van der Waals surface area contributed by atoms with Gasteiger partial charge in [-0.05, 0) is 0 Å². The van der Waals surface area contributed by atoms with Gasteiger partial charge in [-0.25, -0.2) is 13.8 Å². The molecule has 6 heteroatoms. The van der Waals surface area contributed by atoms with Crippen molar-refractivity contribution in [1.29, 1.82) is 0 Å². The van der Waals surface area contributed by atoms with E-state index in [2.05, 4.69) is 15.3 Å². The molecule has 0 saturated carbocycles. The van der Waals surface area contributed by atoms with Crippen LogP contribution in [-0.2, 0) is 6.54 Å². The zero-order valence-electron chi connectivity index (χ0n) is 6.93. The molecular formula is C7H11F2N3O. The highest BCUT2D eigenvalue weighted by atomic mass is 19.3. The second-order valence-corrected chi connectivity index (χ2v) is 2.65. The Morgan fingerprint density at radius 3 is 2.92 bits per heavy atom. The summed E-state index contributed by atoms with van der Waals surface area (Å²) in [5.41, 5.74) is 0. The van der Waals surface area contributed by atoms with Crippen LogP contribution in [-0.4, -0.2) is 34.1 Å². The molecule has 1 heterocycles. The molecule has 0 spiro atoms. The van der Waals surface area contributed by atoms with Crippen molar-refractivity contribution in [3.05, 3.63) is 18.2 Å². The van der Waals surface area contributed by atoms with E-state index in [9.17, 15) is 8.78 Å². The van der Waals surface area contributed by atoms with Crippen molar-refractivity contribution in [3.63, 3.8) is 0 Å². The topological polar surface area (TPSA) is 60.9 Å². The zero-order chi connectivity index (χ0) is 9.73. The molecule has 0 unspecified atom stereocenters. The average Bonchev–Trinajstić information content (AvgIpc) is 2.57. The van der Waals surface area contributed by atoms with E-state index >= 15 is 0 Å². The van der Waals surface area contributed by atoms with Crippen LogP contribution in [0.1, 0.15) is 5.82 Å². The van der Waals surface area contributed by atoms with Crippen molar-refractivity contribution < 1.29 is 13.9 Å². The van der Waals surface area contributed by atoms with Crippen molar-refractivity contribution in [2.75, 3.05) is 13.2 Å². The molecule has 1 rings (SSSR count). The minimum atomic E-state index is -3.06. The fourth-order valence-electron chi connectivity index (χ4n) is 0.814. The lowest BCUT2D eigenvalue weighted by atomic mass is 10.3. The van der Waals surface area contributed by atoms with Gasteiger partial charge in [0.25, 0.3) is 5.92 Å². The Bertz CT molecular complexity index is 238. The van der Waals surface area contributed by atoms with Gasteiger partial charge in [0.2, 0.25) is 0 Å². The van der Waals surface area contributed by atoms with Gasteiger partial charge in [-0.1, -0.05) is 0 Å². The number of halogens is 2. The lowest BCUT2D eigenvalue weighted by molar-refractivity contribution is -0.0478. The molecule has 4 nitrogen and oxygen atoms in total. The number of alkyl halides is 2. The smallest absolute Gasteiger partial charge is 0.282 e. The lowest BCUT2D eigenvalue weighted by Crippen LogP contribution is -2.35. The van der Waals surface area contributed by atoms with Gasteiger partial charge in [0.1, 0.15) is 12.4 Å². The van der Waals surface area contributed by atoms with Crippen molar-refractivity contribution >= 4 is 0 Å². The highest BCUT2D eigenvalue weighted by molar-refractivity contribution is 4.86. The largest absolute Gasteiger partial charge is 0.390 e. The summed E-state index contributed by atoms with van der Waals surface area (Å²) in [5.74, 6) is -2.47. The Kier molecular flexibility index (Phi) is 3.32. The van der Waals surface area contributed by atoms with Crippen LogP contribution in [0.3, 0.4) is 0 Å². The third kappa shape index (κ3) is 3.47. The Morgan fingerprint density at radius 1 is 1.62 bits per heavy atom. The molecule has 0 aliphatic carbocycles. The Balaban J connectivity index is 2.21. The van der Waals surface area contributed by atoms with E-state index in [0.717, 1.165) is 0 Å². The summed E-state index contributed by atoms with van der Waals surface area (Å²) in [6.07, 6.45) is 3.16. The number of aromatic amines is 1. The predicted molar refractivity (Wildman–Crippen MR) is 42.3 cm³/mol. The molecule has 0 amide bonds. The molecule has 13 heavy (non-hydrogen) atoms. The van der Waals surface area contributed by atoms with Crippen LogP contribution in [0.15, 0.2) is 12.4 Å². The second-order valence-electron chi connectivity index (χ2n) is 2.65. The Hall–Kier alpha value is -1.01. The quantitative estimate of drug-likeness (QED) is 0.619. The van der Waals surface area contributed by atoms with Crippen LogP contribution in [0.25, 0.3) is 0 Å². The predicted octanol–water partition coefficient (Wildman–Crippen LogP) is 0.127. The van der Waals surface area contributed by atoms with E-state index in [1.165, 1.54) is 0 Å². The number of H-pyrrole nitrogens is 1. The molecule has 0 radical (unpaired) electrons.